The monoisotopic (exact) mass is 342 g/mol. The third kappa shape index (κ3) is 3.37. The van der Waals surface area contributed by atoms with Crippen LogP contribution in [0, 0.1) is 11.8 Å². The van der Waals surface area contributed by atoms with E-state index in [9.17, 15) is 9.59 Å². The summed E-state index contributed by atoms with van der Waals surface area (Å²) in [6.45, 7) is 0.778. The minimum Gasteiger partial charge on any atom is -0.481 e. The molecule has 1 aromatic rings. The fraction of sp³-hybridized carbons (Fsp3) is 0.600. The number of benzene rings is 1. The summed E-state index contributed by atoms with van der Waals surface area (Å²) in [6.07, 6.45) is 5.85. The van der Waals surface area contributed by atoms with Crippen LogP contribution in [0.3, 0.4) is 0 Å². The smallest absolute Gasteiger partial charge is 0.303 e. The number of nitrogens with one attached hydrogen (secondary N) is 1. The van der Waals surface area contributed by atoms with Gasteiger partial charge in [0.2, 0.25) is 5.91 Å². The number of hydrogen-bond acceptors (Lipinski definition) is 3. The van der Waals surface area contributed by atoms with E-state index >= 15 is 0 Å². The van der Waals surface area contributed by atoms with Crippen molar-refractivity contribution in [2.75, 3.05) is 11.9 Å². The Morgan fingerprint density at radius 2 is 1.92 bits per heavy atom. The summed E-state index contributed by atoms with van der Waals surface area (Å²) in [4.78, 5) is 25.9. The summed E-state index contributed by atoms with van der Waals surface area (Å²) < 4.78 is 0. The lowest BCUT2D eigenvalue weighted by Gasteiger charge is -2.43. The molecule has 1 aliphatic heterocycles. The number of fused-ring (bicyclic) bond motifs is 2. The lowest BCUT2D eigenvalue weighted by molar-refractivity contribution is -0.142. The van der Waals surface area contributed by atoms with Crippen molar-refractivity contribution in [3.8, 4) is 0 Å². The second-order valence-corrected chi connectivity index (χ2v) is 7.76. The number of rotatable bonds is 6. The molecule has 1 amide bonds. The second-order valence-electron chi connectivity index (χ2n) is 7.76. The molecule has 134 valence electrons. The Kier molecular flexibility index (Phi) is 4.40. The number of amides is 1. The Bertz CT molecular complexity index is 671. The van der Waals surface area contributed by atoms with E-state index in [0.29, 0.717) is 17.9 Å². The summed E-state index contributed by atoms with van der Waals surface area (Å²) >= 11 is 0. The number of carbonyl (C=O) groups excluding carboxylic acids is 1. The molecule has 5 heteroatoms. The first kappa shape index (κ1) is 16.4. The highest BCUT2D eigenvalue weighted by molar-refractivity contribution is 5.81. The van der Waals surface area contributed by atoms with E-state index in [0.717, 1.165) is 25.1 Å². The van der Waals surface area contributed by atoms with Gasteiger partial charge >= 0.3 is 5.97 Å². The number of hydrogen-bond donors (Lipinski definition) is 2. The van der Waals surface area contributed by atoms with Crippen molar-refractivity contribution in [3.63, 3.8) is 0 Å². The van der Waals surface area contributed by atoms with Gasteiger partial charge in [-0.15, -0.1) is 0 Å². The van der Waals surface area contributed by atoms with E-state index in [2.05, 4.69) is 17.4 Å². The van der Waals surface area contributed by atoms with Crippen LogP contribution in [0.2, 0.25) is 0 Å². The van der Waals surface area contributed by atoms with Crippen molar-refractivity contribution in [1.29, 1.82) is 0 Å². The van der Waals surface area contributed by atoms with Crippen LogP contribution in [0.4, 0.5) is 5.69 Å². The number of carboxylic acids is 1. The van der Waals surface area contributed by atoms with Crippen LogP contribution in [0.15, 0.2) is 24.3 Å². The standard InChI is InChI=1S/C20H26N2O3/c23-18(10-11-19(24)25)22(12-13-8-9-13)20-14-4-1-2-6-16(14)21-17-7-3-5-15(17)20/h1-2,4,6,13,15,17,20-21H,3,5,7-12H2,(H,24,25)/t15-,17+,20?/m0/s1. The maximum atomic E-state index is 13.0. The van der Waals surface area contributed by atoms with Crippen LogP contribution in [0.1, 0.15) is 56.6 Å². The molecular formula is C20H26N2O3. The second kappa shape index (κ2) is 6.70. The summed E-state index contributed by atoms with van der Waals surface area (Å²) in [7, 11) is 0. The van der Waals surface area contributed by atoms with Crippen molar-refractivity contribution < 1.29 is 14.7 Å². The van der Waals surface area contributed by atoms with Crippen molar-refractivity contribution >= 4 is 17.6 Å². The van der Waals surface area contributed by atoms with Gasteiger partial charge in [-0.2, -0.15) is 0 Å². The first-order valence-electron chi connectivity index (χ1n) is 9.50. The van der Waals surface area contributed by atoms with Crippen LogP contribution in [-0.2, 0) is 9.59 Å². The van der Waals surface area contributed by atoms with E-state index < -0.39 is 5.97 Å². The van der Waals surface area contributed by atoms with Gasteiger partial charge in [-0.1, -0.05) is 24.6 Å². The number of anilines is 1. The van der Waals surface area contributed by atoms with Crippen LogP contribution in [0.5, 0.6) is 0 Å². The third-order valence-electron chi connectivity index (χ3n) is 5.96. The zero-order valence-corrected chi connectivity index (χ0v) is 14.5. The lowest BCUT2D eigenvalue weighted by Crippen LogP contribution is -2.46. The molecule has 2 aliphatic carbocycles. The summed E-state index contributed by atoms with van der Waals surface area (Å²) in [5.74, 6) is 0.129. The highest BCUT2D eigenvalue weighted by Crippen LogP contribution is 2.48. The van der Waals surface area contributed by atoms with Crippen molar-refractivity contribution in [1.82, 2.24) is 4.90 Å². The average molecular weight is 342 g/mol. The number of aliphatic carboxylic acids is 1. The minimum atomic E-state index is -0.899. The quantitative estimate of drug-likeness (QED) is 0.831. The molecule has 0 spiro atoms. The number of para-hydroxylation sites is 1. The fourth-order valence-corrected chi connectivity index (χ4v) is 4.57. The van der Waals surface area contributed by atoms with Gasteiger partial charge in [-0.3, -0.25) is 9.59 Å². The molecule has 5 nitrogen and oxygen atoms in total. The van der Waals surface area contributed by atoms with Crippen LogP contribution in [-0.4, -0.2) is 34.5 Å². The zero-order valence-electron chi connectivity index (χ0n) is 14.5. The highest BCUT2D eigenvalue weighted by Gasteiger charge is 2.44. The normalized spacial score (nSPS) is 27.1. The van der Waals surface area contributed by atoms with Crippen molar-refractivity contribution in [2.24, 2.45) is 11.8 Å². The average Bonchev–Trinajstić information content (AvgIpc) is 3.31. The van der Waals surface area contributed by atoms with Gasteiger partial charge in [0.25, 0.3) is 0 Å². The predicted molar refractivity (Wildman–Crippen MR) is 95.2 cm³/mol. The number of carboxylic acid groups (broad SMARTS) is 1. The van der Waals surface area contributed by atoms with E-state index in [1.54, 1.807) is 0 Å². The molecule has 25 heavy (non-hydrogen) atoms. The van der Waals surface area contributed by atoms with Gasteiger partial charge < -0.3 is 15.3 Å². The van der Waals surface area contributed by atoms with E-state index in [4.69, 9.17) is 5.11 Å². The molecule has 3 aliphatic rings. The van der Waals surface area contributed by atoms with Crippen LogP contribution < -0.4 is 5.32 Å². The number of carbonyl (C=O) groups is 2. The Hall–Kier alpha value is -2.04. The van der Waals surface area contributed by atoms with Crippen molar-refractivity contribution in [3.05, 3.63) is 29.8 Å². The third-order valence-corrected chi connectivity index (χ3v) is 5.96. The fourth-order valence-electron chi connectivity index (χ4n) is 4.57. The van der Waals surface area contributed by atoms with Crippen LogP contribution in [0.25, 0.3) is 0 Å². The Morgan fingerprint density at radius 1 is 1.12 bits per heavy atom. The summed E-state index contributed by atoms with van der Waals surface area (Å²) in [5.41, 5.74) is 2.34. The molecule has 0 aromatic heterocycles. The zero-order chi connectivity index (χ0) is 17.4. The van der Waals surface area contributed by atoms with E-state index in [1.165, 1.54) is 24.8 Å². The summed E-state index contributed by atoms with van der Waals surface area (Å²) in [6, 6.07) is 8.83. The molecule has 2 fully saturated rings. The molecule has 1 heterocycles. The van der Waals surface area contributed by atoms with Gasteiger partial charge in [-0.05, 0) is 43.2 Å². The molecular weight excluding hydrogens is 316 g/mol. The van der Waals surface area contributed by atoms with Gasteiger partial charge in [0.1, 0.15) is 0 Å². The lowest BCUT2D eigenvalue weighted by atomic mass is 9.82. The molecule has 2 N–H and O–H groups in total. The van der Waals surface area contributed by atoms with E-state index in [-0.39, 0.29) is 24.8 Å². The maximum absolute atomic E-state index is 13.0. The molecule has 1 aromatic carbocycles. The molecule has 3 atom stereocenters. The maximum Gasteiger partial charge on any atom is 0.303 e. The molecule has 0 bridgehead atoms. The minimum absolute atomic E-state index is 0.00153. The first-order chi connectivity index (χ1) is 12.1. The van der Waals surface area contributed by atoms with Gasteiger partial charge in [0, 0.05) is 30.6 Å². The Labute approximate surface area is 148 Å². The SMILES string of the molecule is O=C(O)CCC(=O)N(CC1CC1)C1c2ccccc2N[C@@H]2CCC[C@H]12. The summed E-state index contributed by atoms with van der Waals surface area (Å²) in [5, 5.41) is 12.6. The molecule has 0 radical (unpaired) electrons. The Morgan fingerprint density at radius 3 is 2.68 bits per heavy atom. The highest BCUT2D eigenvalue weighted by atomic mass is 16.4. The molecule has 2 saturated carbocycles. The van der Waals surface area contributed by atoms with Crippen molar-refractivity contribution in [2.45, 2.75) is 57.0 Å². The predicted octanol–water partition coefficient (Wildman–Crippen LogP) is 3.43. The molecule has 4 rings (SSSR count). The van der Waals surface area contributed by atoms with Gasteiger partial charge in [0.05, 0.1) is 12.5 Å². The molecule has 1 unspecified atom stereocenters. The number of nitrogens with zero attached hydrogens (tertiary/aromatic N) is 1. The topological polar surface area (TPSA) is 69.6 Å². The van der Waals surface area contributed by atoms with Crippen LogP contribution >= 0.6 is 0 Å². The van der Waals surface area contributed by atoms with Gasteiger partial charge in [-0.25, -0.2) is 0 Å². The first-order valence-corrected chi connectivity index (χ1v) is 9.50. The largest absolute Gasteiger partial charge is 0.481 e. The molecule has 0 saturated heterocycles. The Balaban J connectivity index is 1.65. The van der Waals surface area contributed by atoms with Gasteiger partial charge in [0.15, 0.2) is 0 Å². The van der Waals surface area contributed by atoms with E-state index in [1.807, 2.05) is 17.0 Å².